The molecule has 1 N–H and O–H groups in total. The highest BCUT2D eigenvalue weighted by Crippen LogP contribution is 2.34. The quantitative estimate of drug-likeness (QED) is 0.431. The van der Waals surface area contributed by atoms with Gasteiger partial charge in [0, 0.05) is 13.1 Å². The van der Waals surface area contributed by atoms with Gasteiger partial charge in [-0.3, -0.25) is 14.8 Å². The zero-order valence-electron chi connectivity index (χ0n) is 17.5. The van der Waals surface area contributed by atoms with Crippen molar-refractivity contribution in [2.24, 2.45) is 0 Å². The number of nitrogens with zero attached hydrogens (tertiary/aromatic N) is 5. The van der Waals surface area contributed by atoms with Gasteiger partial charge in [0.05, 0.1) is 16.1 Å². The zero-order valence-corrected chi connectivity index (χ0v) is 18.3. The fourth-order valence-corrected chi connectivity index (χ4v) is 3.72. The largest absolute Gasteiger partial charge is 0.309 e. The molecule has 0 fully saturated rings. The van der Waals surface area contributed by atoms with Crippen LogP contribution in [-0.4, -0.2) is 49.8 Å². The highest BCUT2D eigenvalue weighted by Gasteiger charge is 2.29. The number of imidazole rings is 1. The summed E-state index contributed by atoms with van der Waals surface area (Å²) in [5.74, 6) is -0.513. The highest BCUT2D eigenvalue weighted by atomic mass is 35.5. The first-order chi connectivity index (χ1) is 15.3. The average molecular weight is 475 g/mol. The number of fused-ring (bicyclic) bond motifs is 1. The van der Waals surface area contributed by atoms with E-state index in [0.717, 1.165) is 18.6 Å². The van der Waals surface area contributed by atoms with Gasteiger partial charge in [-0.25, -0.2) is 22.5 Å². The molecule has 0 radical (unpaired) electrons. The molecule has 3 aromatic rings. The summed E-state index contributed by atoms with van der Waals surface area (Å²) in [4.78, 5) is 19.2. The predicted octanol–water partition coefficient (Wildman–Crippen LogP) is 4.74. The van der Waals surface area contributed by atoms with Gasteiger partial charge >= 0.3 is 0 Å². The summed E-state index contributed by atoms with van der Waals surface area (Å²) in [5.41, 5.74) is -0.462. The number of carbonyl (C=O) groups is 1. The molecule has 174 valence electrons. The maximum absolute atomic E-state index is 13.3. The number of rotatable bonds is 10. The topological polar surface area (TPSA) is 68.0 Å². The molecule has 2 aromatic heterocycles. The SMILES string of the molecule is CCN(CC)CCn1c(NC(=O)Cn2nc(C(F)F)c(Cl)c2C(F)F)nc2ccccc21. The maximum Gasteiger partial charge on any atom is 0.283 e. The molecule has 0 aliphatic rings. The molecular weight excluding hydrogens is 452 g/mol. The van der Waals surface area contributed by atoms with Gasteiger partial charge in [-0.1, -0.05) is 37.6 Å². The number of likely N-dealkylation sites (N-methyl/N-ethyl adjacent to an activating group) is 1. The third-order valence-electron chi connectivity index (χ3n) is 5.10. The van der Waals surface area contributed by atoms with Crippen LogP contribution in [0.1, 0.15) is 38.1 Å². The number of nitrogens with one attached hydrogen (secondary N) is 1. The summed E-state index contributed by atoms with van der Waals surface area (Å²) in [6.07, 6.45) is -6.32. The number of carbonyl (C=O) groups excluding carboxylic acids is 1. The Morgan fingerprint density at radius 2 is 1.84 bits per heavy atom. The molecule has 0 unspecified atom stereocenters. The third kappa shape index (κ3) is 5.04. The van der Waals surface area contributed by atoms with Crippen molar-refractivity contribution in [1.29, 1.82) is 0 Å². The van der Waals surface area contributed by atoms with Crippen LogP contribution in [0.2, 0.25) is 5.02 Å². The number of alkyl halides is 4. The van der Waals surface area contributed by atoms with Crippen LogP contribution >= 0.6 is 11.6 Å². The molecule has 12 heteroatoms. The normalized spacial score (nSPS) is 11.9. The zero-order chi connectivity index (χ0) is 23.4. The minimum absolute atomic E-state index is 0.231. The van der Waals surface area contributed by atoms with E-state index in [4.69, 9.17) is 11.6 Å². The molecule has 0 aliphatic heterocycles. The molecule has 0 atom stereocenters. The Morgan fingerprint density at radius 3 is 2.47 bits per heavy atom. The van der Waals surface area contributed by atoms with E-state index in [1.807, 2.05) is 36.6 Å². The van der Waals surface area contributed by atoms with Gasteiger partial charge < -0.3 is 9.47 Å². The van der Waals surface area contributed by atoms with Crippen molar-refractivity contribution in [3.63, 3.8) is 0 Å². The van der Waals surface area contributed by atoms with Crippen molar-refractivity contribution < 1.29 is 22.4 Å². The van der Waals surface area contributed by atoms with Gasteiger partial charge in [0.2, 0.25) is 11.9 Å². The second-order valence-electron chi connectivity index (χ2n) is 6.99. The summed E-state index contributed by atoms with van der Waals surface area (Å²) >= 11 is 5.64. The smallest absolute Gasteiger partial charge is 0.283 e. The summed E-state index contributed by atoms with van der Waals surface area (Å²) in [6, 6.07) is 7.30. The van der Waals surface area contributed by atoms with Crippen LogP contribution in [0.4, 0.5) is 23.5 Å². The molecule has 0 bridgehead atoms. The van der Waals surface area contributed by atoms with E-state index in [0.29, 0.717) is 23.3 Å². The van der Waals surface area contributed by atoms with Crippen molar-refractivity contribution in [2.45, 2.75) is 39.8 Å². The molecule has 0 spiro atoms. The monoisotopic (exact) mass is 474 g/mol. The summed E-state index contributed by atoms with van der Waals surface area (Å²) in [7, 11) is 0. The van der Waals surface area contributed by atoms with Crippen LogP contribution in [0, 0.1) is 0 Å². The fraction of sp³-hybridized carbons (Fsp3) is 0.450. The summed E-state index contributed by atoms with van der Waals surface area (Å²) in [5, 5.41) is 5.17. The number of para-hydroxylation sites is 2. The minimum Gasteiger partial charge on any atom is -0.309 e. The fourth-order valence-electron chi connectivity index (χ4n) is 3.42. The molecule has 32 heavy (non-hydrogen) atoms. The van der Waals surface area contributed by atoms with E-state index in [-0.39, 0.29) is 5.95 Å². The molecule has 0 saturated carbocycles. The van der Waals surface area contributed by atoms with Crippen molar-refractivity contribution in [3.8, 4) is 0 Å². The molecule has 1 amide bonds. The molecule has 0 saturated heterocycles. The number of anilines is 1. The second kappa shape index (κ2) is 10.3. The number of halogens is 5. The maximum atomic E-state index is 13.3. The number of hydrogen-bond donors (Lipinski definition) is 1. The minimum atomic E-state index is -3.17. The van der Waals surface area contributed by atoms with Gasteiger partial charge in [-0.2, -0.15) is 5.10 Å². The Bertz CT molecular complexity index is 1080. The lowest BCUT2D eigenvalue weighted by molar-refractivity contribution is -0.117. The van der Waals surface area contributed by atoms with Crippen LogP contribution in [0.5, 0.6) is 0 Å². The van der Waals surface area contributed by atoms with E-state index >= 15 is 0 Å². The van der Waals surface area contributed by atoms with Gasteiger partial charge in [0.25, 0.3) is 12.9 Å². The number of amides is 1. The second-order valence-corrected chi connectivity index (χ2v) is 7.37. The van der Waals surface area contributed by atoms with E-state index < -0.39 is 41.7 Å². The first-order valence-corrected chi connectivity index (χ1v) is 10.4. The van der Waals surface area contributed by atoms with Gasteiger partial charge in [-0.15, -0.1) is 0 Å². The van der Waals surface area contributed by atoms with Crippen LogP contribution in [-0.2, 0) is 17.9 Å². The lowest BCUT2D eigenvalue weighted by Crippen LogP contribution is -2.28. The van der Waals surface area contributed by atoms with Gasteiger partial charge in [0.1, 0.15) is 17.9 Å². The number of hydrogen-bond acceptors (Lipinski definition) is 4. The standard InChI is InChI=1S/C20H23ClF4N6O/c1-3-29(4-2)9-10-30-13-8-6-5-7-12(13)26-20(30)27-14(32)11-31-17(19(24)25)15(21)16(28-31)18(22)23/h5-8,18-19H,3-4,9-11H2,1-2H3,(H,26,27,32). The van der Waals surface area contributed by atoms with Gasteiger partial charge in [-0.05, 0) is 25.2 Å². The first kappa shape index (κ1) is 24.0. The molecule has 2 heterocycles. The van der Waals surface area contributed by atoms with Crippen molar-refractivity contribution in [2.75, 3.05) is 25.0 Å². The van der Waals surface area contributed by atoms with Crippen molar-refractivity contribution >= 4 is 34.5 Å². The van der Waals surface area contributed by atoms with E-state index in [2.05, 4.69) is 20.3 Å². The summed E-state index contributed by atoms with van der Waals surface area (Å²) in [6.45, 7) is 6.32. The lowest BCUT2D eigenvalue weighted by atomic mass is 10.3. The van der Waals surface area contributed by atoms with Crippen molar-refractivity contribution in [3.05, 3.63) is 40.7 Å². The number of benzene rings is 1. The predicted molar refractivity (Wildman–Crippen MR) is 113 cm³/mol. The molecule has 7 nitrogen and oxygen atoms in total. The Labute approximate surface area is 187 Å². The Hall–Kier alpha value is -2.66. The third-order valence-corrected chi connectivity index (χ3v) is 5.49. The van der Waals surface area contributed by atoms with Gasteiger partial charge in [0.15, 0.2) is 0 Å². The Balaban J connectivity index is 1.86. The Morgan fingerprint density at radius 1 is 1.16 bits per heavy atom. The molecule has 3 rings (SSSR count). The van der Waals surface area contributed by atoms with E-state index in [9.17, 15) is 22.4 Å². The number of aromatic nitrogens is 4. The lowest BCUT2D eigenvalue weighted by Gasteiger charge is -2.19. The van der Waals surface area contributed by atoms with E-state index in [1.165, 1.54) is 0 Å². The molecular formula is C20H23ClF4N6O. The summed E-state index contributed by atoms with van der Waals surface area (Å²) < 4.78 is 55.1. The van der Waals surface area contributed by atoms with Crippen LogP contribution in [0.3, 0.4) is 0 Å². The average Bonchev–Trinajstić information content (AvgIpc) is 3.25. The Kier molecular flexibility index (Phi) is 7.73. The van der Waals surface area contributed by atoms with E-state index in [1.54, 1.807) is 6.07 Å². The van der Waals surface area contributed by atoms with Crippen LogP contribution in [0.15, 0.2) is 24.3 Å². The van der Waals surface area contributed by atoms with Crippen LogP contribution < -0.4 is 5.32 Å². The molecule has 1 aromatic carbocycles. The van der Waals surface area contributed by atoms with Crippen molar-refractivity contribution in [1.82, 2.24) is 24.2 Å². The highest BCUT2D eigenvalue weighted by molar-refractivity contribution is 6.32. The first-order valence-electron chi connectivity index (χ1n) is 10.1. The van der Waals surface area contributed by atoms with Crippen LogP contribution in [0.25, 0.3) is 11.0 Å². The molecule has 0 aliphatic carbocycles.